The highest BCUT2D eigenvalue weighted by molar-refractivity contribution is 6.04. The molecule has 178 valence electrons. The number of hydrogen-bond donors (Lipinski definition) is 1. The highest BCUT2D eigenvalue weighted by Gasteiger charge is 2.42. The Kier molecular flexibility index (Phi) is 7.48. The molecule has 0 saturated carbocycles. The summed E-state index contributed by atoms with van der Waals surface area (Å²) in [5.74, 6) is -0.260. The van der Waals surface area contributed by atoms with E-state index in [1.54, 1.807) is 7.11 Å². The molecule has 1 N–H and O–H groups in total. The molecule has 0 saturated heterocycles. The molecule has 0 amide bonds. The Hall–Kier alpha value is -3.38. The second-order valence-corrected chi connectivity index (χ2v) is 8.50. The lowest BCUT2D eigenvalue weighted by molar-refractivity contribution is -0.140. The van der Waals surface area contributed by atoms with Crippen molar-refractivity contribution in [2.24, 2.45) is 0 Å². The summed E-state index contributed by atoms with van der Waals surface area (Å²) in [4.78, 5) is 26.9. The molecule has 1 heterocycles. The Balaban J connectivity index is 1.75. The number of dihydropyridines is 1. The van der Waals surface area contributed by atoms with Gasteiger partial charge in [-0.05, 0) is 37.8 Å². The minimum Gasteiger partial charge on any atom is -0.496 e. The standard InChI is InChI=1S/C28H31NO5/c1-4-33-14-15-34-28(31)25-18(2)29-22-16-20(19-10-6-5-7-11-19)17-23(30)27(22)26(25)21-12-8-9-13-24(21)32-3/h5-13,20,26,29H,4,14-17H2,1-3H3/t20-,26-/m1/s1. The fraction of sp³-hybridized carbons (Fsp3) is 0.357. The van der Waals surface area contributed by atoms with E-state index in [0.717, 1.165) is 16.8 Å². The van der Waals surface area contributed by atoms with Crippen molar-refractivity contribution in [2.75, 3.05) is 26.9 Å². The van der Waals surface area contributed by atoms with Crippen LogP contribution in [0.3, 0.4) is 0 Å². The average molecular weight is 462 g/mol. The number of nitrogens with one attached hydrogen (secondary N) is 1. The fourth-order valence-electron chi connectivity index (χ4n) is 4.90. The molecule has 2 aliphatic rings. The van der Waals surface area contributed by atoms with Gasteiger partial charge in [0, 0.05) is 35.6 Å². The van der Waals surface area contributed by atoms with Crippen LogP contribution < -0.4 is 10.1 Å². The predicted molar refractivity (Wildman–Crippen MR) is 129 cm³/mol. The highest BCUT2D eigenvalue weighted by atomic mass is 16.6. The molecule has 2 aromatic carbocycles. The van der Waals surface area contributed by atoms with Gasteiger partial charge in [0.2, 0.25) is 0 Å². The number of ketones is 1. The van der Waals surface area contributed by atoms with Crippen LogP contribution in [0.25, 0.3) is 0 Å². The third kappa shape index (κ3) is 4.77. The van der Waals surface area contributed by atoms with E-state index < -0.39 is 11.9 Å². The number of esters is 1. The van der Waals surface area contributed by atoms with E-state index in [1.807, 2.05) is 56.3 Å². The van der Waals surface area contributed by atoms with Gasteiger partial charge in [-0.15, -0.1) is 0 Å². The molecule has 0 radical (unpaired) electrons. The smallest absolute Gasteiger partial charge is 0.336 e. The maximum atomic E-state index is 13.6. The number of hydrogen-bond acceptors (Lipinski definition) is 6. The second-order valence-electron chi connectivity index (χ2n) is 8.50. The Morgan fingerprint density at radius 1 is 1.03 bits per heavy atom. The van der Waals surface area contributed by atoms with Gasteiger partial charge in [0.25, 0.3) is 0 Å². The van der Waals surface area contributed by atoms with Crippen LogP contribution in [0.4, 0.5) is 0 Å². The van der Waals surface area contributed by atoms with E-state index >= 15 is 0 Å². The van der Waals surface area contributed by atoms with Crippen molar-refractivity contribution >= 4 is 11.8 Å². The molecule has 34 heavy (non-hydrogen) atoms. The van der Waals surface area contributed by atoms with Gasteiger partial charge >= 0.3 is 5.97 Å². The van der Waals surface area contributed by atoms with Crippen LogP contribution >= 0.6 is 0 Å². The van der Waals surface area contributed by atoms with Crippen molar-refractivity contribution in [1.29, 1.82) is 0 Å². The molecule has 2 atom stereocenters. The quantitative estimate of drug-likeness (QED) is 0.456. The van der Waals surface area contributed by atoms with Crippen LogP contribution in [0.1, 0.15) is 49.7 Å². The van der Waals surface area contributed by atoms with Crippen LogP contribution in [0.15, 0.2) is 77.1 Å². The van der Waals surface area contributed by atoms with Gasteiger partial charge in [0.1, 0.15) is 12.4 Å². The van der Waals surface area contributed by atoms with E-state index in [1.165, 1.54) is 0 Å². The van der Waals surface area contributed by atoms with Gasteiger partial charge < -0.3 is 19.5 Å². The van der Waals surface area contributed by atoms with Crippen LogP contribution in [0.5, 0.6) is 5.75 Å². The van der Waals surface area contributed by atoms with E-state index in [0.29, 0.717) is 48.6 Å². The number of carbonyl (C=O) groups excluding carboxylic acids is 2. The zero-order valence-corrected chi connectivity index (χ0v) is 19.9. The first-order valence-electron chi connectivity index (χ1n) is 11.7. The first-order chi connectivity index (χ1) is 16.5. The molecule has 0 fully saturated rings. The number of benzene rings is 2. The third-order valence-electron chi connectivity index (χ3n) is 6.43. The Labute approximate surface area is 200 Å². The molecule has 4 rings (SSSR count). The number of carbonyl (C=O) groups is 2. The van der Waals surface area contributed by atoms with E-state index in [2.05, 4.69) is 17.4 Å². The van der Waals surface area contributed by atoms with Gasteiger partial charge in [-0.1, -0.05) is 48.5 Å². The van der Waals surface area contributed by atoms with Gasteiger partial charge in [0.15, 0.2) is 5.78 Å². The van der Waals surface area contributed by atoms with Crippen molar-refractivity contribution in [3.05, 3.63) is 88.3 Å². The molecular formula is C28H31NO5. The first kappa shape index (κ1) is 23.8. The van der Waals surface area contributed by atoms with Gasteiger partial charge in [-0.3, -0.25) is 4.79 Å². The molecule has 1 aliphatic heterocycles. The lowest BCUT2D eigenvalue weighted by Crippen LogP contribution is -2.36. The van der Waals surface area contributed by atoms with E-state index in [9.17, 15) is 9.59 Å². The summed E-state index contributed by atoms with van der Waals surface area (Å²) in [6.45, 7) is 4.79. The van der Waals surface area contributed by atoms with Gasteiger partial charge in [0.05, 0.1) is 25.2 Å². The highest BCUT2D eigenvalue weighted by Crippen LogP contribution is 2.47. The second kappa shape index (κ2) is 10.7. The largest absolute Gasteiger partial charge is 0.496 e. The number of Topliss-reactive ketones (excluding diaryl/α,β-unsaturated/α-hetero) is 1. The molecule has 1 aliphatic carbocycles. The summed E-state index contributed by atoms with van der Waals surface area (Å²) >= 11 is 0. The zero-order valence-electron chi connectivity index (χ0n) is 19.9. The molecule has 6 nitrogen and oxygen atoms in total. The van der Waals surface area contributed by atoms with Crippen molar-refractivity contribution < 1.29 is 23.8 Å². The molecule has 0 spiro atoms. The fourth-order valence-corrected chi connectivity index (χ4v) is 4.90. The predicted octanol–water partition coefficient (Wildman–Crippen LogP) is 4.64. The lowest BCUT2D eigenvalue weighted by Gasteiger charge is -2.37. The number of allylic oxidation sites excluding steroid dienone is 3. The monoisotopic (exact) mass is 461 g/mol. The zero-order chi connectivity index (χ0) is 24.1. The number of ether oxygens (including phenoxy) is 3. The minimum atomic E-state index is -0.559. The maximum absolute atomic E-state index is 13.6. The van der Waals surface area contributed by atoms with E-state index in [-0.39, 0.29) is 18.3 Å². The summed E-state index contributed by atoms with van der Waals surface area (Å²) in [6, 6.07) is 17.6. The Bertz CT molecular complexity index is 1120. The van der Waals surface area contributed by atoms with Crippen LogP contribution in [0.2, 0.25) is 0 Å². The summed E-state index contributed by atoms with van der Waals surface area (Å²) in [5, 5.41) is 3.38. The summed E-state index contributed by atoms with van der Waals surface area (Å²) in [6.07, 6.45) is 1.09. The lowest BCUT2D eigenvalue weighted by atomic mass is 9.71. The van der Waals surface area contributed by atoms with Crippen LogP contribution in [-0.4, -0.2) is 38.7 Å². The average Bonchev–Trinajstić information content (AvgIpc) is 2.86. The van der Waals surface area contributed by atoms with Crippen molar-refractivity contribution in [2.45, 2.75) is 38.5 Å². The Morgan fingerprint density at radius 2 is 1.76 bits per heavy atom. The molecule has 0 aromatic heterocycles. The van der Waals surface area contributed by atoms with Crippen molar-refractivity contribution in [3.8, 4) is 5.75 Å². The summed E-state index contributed by atoms with van der Waals surface area (Å²) < 4.78 is 16.5. The van der Waals surface area contributed by atoms with E-state index in [4.69, 9.17) is 14.2 Å². The first-order valence-corrected chi connectivity index (χ1v) is 11.7. The van der Waals surface area contributed by atoms with Crippen LogP contribution in [-0.2, 0) is 19.1 Å². The SMILES string of the molecule is CCOCCOC(=O)C1=C(C)NC2=C(C(=O)C[C@H](c3ccccc3)C2)[C@@H]1c1ccccc1OC. The van der Waals surface area contributed by atoms with Gasteiger partial charge in [-0.2, -0.15) is 0 Å². The third-order valence-corrected chi connectivity index (χ3v) is 6.43. The normalized spacial score (nSPS) is 20.0. The maximum Gasteiger partial charge on any atom is 0.336 e. The van der Waals surface area contributed by atoms with Crippen molar-refractivity contribution in [1.82, 2.24) is 5.32 Å². The Morgan fingerprint density at radius 3 is 2.50 bits per heavy atom. The molecular weight excluding hydrogens is 430 g/mol. The molecule has 0 unspecified atom stereocenters. The summed E-state index contributed by atoms with van der Waals surface area (Å²) in [7, 11) is 1.60. The minimum absolute atomic E-state index is 0.0330. The number of rotatable bonds is 8. The molecule has 6 heteroatoms. The van der Waals surface area contributed by atoms with Crippen molar-refractivity contribution in [3.63, 3.8) is 0 Å². The molecule has 2 aromatic rings. The summed E-state index contributed by atoms with van der Waals surface area (Å²) in [5.41, 5.74) is 4.54. The van der Waals surface area contributed by atoms with Crippen LogP contribution in [0, 0.1) is 0 Å². The molecule has 0 bridgehead atoms. The van der Waals surface area contributed by atoms with Gasteiger partial charge in [-0.25, -0.2) is 4.79 Å². The number of methoxy groups -OCH3 is 1. The number of para-hydroxylation sites is 1. The topological polar surface area (TPSA) is 73.9 Å².